The van der Waals surface area contributed by atoms with Gasteiger partial charge in [-0.2, -0.15) is 4.31 Å². The van der Waals surface area contributed by atoms with Crippen molar-refractivity contribution in [3.63, 3.8) is 0 Å². The van der Waals surface area contributed by atoms with Gasteiger partial charge in [-0.05, 0) is 36.8 Å². The van der Waals surface area contributed by atoms with Crippen LogP contribution in [0.4, 0.5) is 4.39 Å². The number of hydrogen-bond donors (Lipinski definition) is 0. The molecule has 37 heavy (non-hydrogen) atoms. The van der Waals surface area contributed by atoms with E-state index in [1.165, 1.54) is 28.6 Å². The van der Waals surface area contributed by atoms with E-state index in [1.807, 2.05) is 30.3 Å². The first kappa shape index (κ1) is 25.3. The highest BCUT2D eigenvalue weighted by Gasteiger charge is 2.29. The van der Waals surface area contributed by atoms with Crippen molar-refractivity contribution in [3.8, 4) is 5.75 Å². The number of esters is 1. The van der Waals surface area contributed by atoms with Gasteiger partial charge in [-0.25, -0.2) is 17.6 Å². The first-order valence-electron chi connectivity index (χ1n) is 11.8. The second-order valence-electron chi connectivity index (χ2n) is 8.80. The second-order valence-corrected chi connectivity index (χ2v) is 10.7. The van der Waals surface area contributed by atoms with Crippen LogP contribution in [0.5, 0.6) is 5.75 Å². The fourth-order valence-corrected chi connectivity index (χ4v) is 5.98. The first-order valence-corrected chi connectivity index (χ1v) is 13.3. The minimum atomic E-state index is -3.80. The number of nitrogens with zero attached hydrogens (tertiary/aromatic N) is 1. The Balaban J connectivity index is 1.35. The van der Waals surface area contributed by atoms with Crippen LogP contribution in [0.3, 0.4) is 0 Å². The first-order chi connectivity index (χ1) is 17.8. The molecule has 3 aromatic carbocycles. The lowest BCUT2D eigenvalue weighted by Gasteiger charge is -2.28. The van der Waals surface area contributed by atoms with Crippen molar-refractivity contribution in [1.82, 2.24) is 4.31 Å². The van der Waals surface area contributed by atoms with Crippen molar-refractivity contribution in [1.29, 1.82) is 0 Å². The number of carbonyl (C=O) groups is 1. The number of sulfonamides is 1. The number of morpholine rings is 1. The van der Waals surface area contributed by atoms with Crippen molar-refractivity contribution in [2.45, 2.75) is 31.3 Å². The van der Waals surface area contributed by atoms with Crippen LogP contribution in [-0.4, -0.2) is 45.0 Å². The Bertz CT molecular complexity index is 1410. The molecular formula is C27H26FNO7S. The van der Waals surface area contributed by atoms with Crippen molar-refractivity contribution >= 4 is 16.0 Å². The Kier molecular flexibility index (Phi) is 7.25. The van der Waals surface area contributed by atoms with E-state index in [4.69, 9.17) is 18.9 Å². The zero-order valence-electron chi connectivity index (χ0n) is 20.2. The van der Waals surface area contributed by atoms with Crippen LogP contribution in [0, 0.1) is 12.7 Å². The van der Waals surface area contributed by atoms with Gasteiger partial charge in [0.1, 0.15) is 18.2 Å². The van der Waals surface area contributed by atoms with E-state index in [0.29, 0.717) is 35.7 Å². The summed E-state index contributed by atoms with van der Waals surface area (Å²) in [6, 6.07) is 16.3. The summed E-state index contributed by atoms with van der Waals surface area (Å²) >= 11 is 0. The lowest BCUT2D eigenvalue weighted by molar-refractivity contribution is -0.112. The number of aryl methyl sites for hydroxylation is 1. The Labute approximate surface area is 214 Å². The molecule has 1 saturated heterocycles. The molecule has 1 fully saturated rings. The minimum absolute atomic E-state index is 0.0400. The van der Waals surface area contributed by atoms with Crippen LogP contribution >= 0.6 is 0 Å². The third-order valence-corrected chi connectivity index (χ3v) is 8.31. The number of rotatable bonds is 6. The molecule has 0 amide bonds. The minimum Gasteiger partial charge on any atom is -0.460 e. The SMILES string of the molecule is Cc1ccc(C(=O)OCc2cc(F)cc3c2O[C@H](c2ccccc2)OC3)cc1S(=O)(=O)N1CCOCC1. The van der Waals surface area contributed by atoms with Gasteiger partial charge in [-0.1, -0.05) is 36.4 Å². The fourth-order valence-electron chi connectivity index (χ4n) is 4.32. The normalized spacial score (nSPS) is 18.1. The summed E-state index contributed by atoms with van der Waals surface area (Å²) in [5.41, 5.74) is 2.25. The molecule has 2 heterocycles. The summed E-state index contributed by atoms with van der Waals surface area (Å²) in [5, 5.41) is 0. The molecule has 1 atom stereocenters. The van der Waals surface area contributed by atoms with E-state index in [2.05, 4.69) is 0 Å². The molecule has 0 unspecified atom stereocenters. The Morgan fingerprint density at radius 3 is 2.59 bits per heavy atom. The molecule has 5 rings (SSSR count). The van der Waals surface area contributed by atoms with E-state index in [0.717, 1.165) is 5.56 Å². The van der Waals surface area contributed by atoms with Gasteiger partial charge >= 0.3 is 5.97 Å². The summed E-state index contributed by atoms with van der Waals surface area (Å²) in [6.07, 6.45) is -0.682. The summed E-state index contributed by atoms with van der Waals surface area (Å²) in [7, 11) is -3.80. The molecule has 0 spiro atoms. The van der Waals surface area contributed by atoms with Crippen LogP contribution in [-0.2, 0) is 37.4 Å². The van der Waals surface area contributed by atoms with Crippen LogP contribution in [0.15, 0.2) is 65.6 Å². The third kappa shape index (κ3) is 5.37. The number of halogens is 1. The molecule has 0 saturated carbocycles. The highest BCUT2D eigenvalue weighted by atomic mass is 32.2. The smallest absolute Gasteiger partial charge is 0.338 e. The van der Waals surface area contributed by atoms with E-state index in [9.17, 15) is 17.6 Å². The van der Waals surface area contributed by atoms with Gasteiger partial charge in [0.05, 0.1) is 30.3 Å². The van der Waals surface area contributed by atoms with Gasteiger partial charge in [-0.15, -0.1) is 0 Å². The number of benzene rings is 3. The average Bonchev–Trinajstić information content (AvgIpc) is 2.92. The molecule has 3 aromatic rings. The maximum absolute atomic E-state index is 14.3. The molecule has 0 aromatic heterocycles. The van der Waals surface area contributed by atoms with Crippen LogP contribution in [0.25, 0.3) is 0 Å². The molecule has 2 aliphatic rings. The molecular weight excluding hydrogens is 501 g/mol. The van der Waals surface area contributed by atoms with Crippen LogP contribution in [0.1, 0.15) is 38.9 Å². The Hall–Kier alpha value is -3.31. The maximum atomic E-state index is 14.3. The molecule has 0 N–H and O–H groups in total. The fraction of sp³-hybridized carbons (Fsp3) is 0.296. The van der Waals surface area contributed by atoms with Crippen molar-refractivity contribution in [3.05, 3.63) is 94.3 Å². The van der Waals surface area contributed by atoms with Gasteiger partial charge in [0, 0.05) is 29.8 Å². The Morgan fingerprint density at radius 2 is 1.84 bits per heavy atom. The van der Waals surface area contributed by atoms with Gasteiger partial charge in [0.25, 0.3) is 0 Å². The molecule has 0 radical (unpaired) electrons. The Morgan fingerprint density at radius 1 is 1.08 bits per heavy atom. The third-order valence-electron chi connectivity index (χ3n) is 6.26. The number of fused-ring (bicyclic) bond motifs is 1. The van der Waals surface area contributed by atoms with Crippen molar-refractivity contribution in [2.75, 3.05) is 26.3 Å². The molecule has 0 bridgehead atoms. The zero-order chi connectivity index (χ0) is 26.0. The summed E-state index contributed by atoms with van der Waals surface area (Å²) in [5.74, 6) is -0.846. The predicted molar refractivity (Wildman–Crippen MR) is 131 cm³/mol. The number of ether oxygens (including phenoxy) is 4. The van der Waals surface area contributed by atoms with E-state index in [-0.39, 0.29) is 36.8 Å². The van der Waals surface area contributed by atoms with Gasteiger partial charge < -0.3 is 18.9 Å². The number of hydrogen-bond acceptors (Lipinski definition) is 7. The summed E-state index contributed by atoms with van der Waals surface area (Å²) < 4.78 is 64.4. The monoisotopic (exact) mass is 527 g/mol. The highest BCUT2D eigenvalue weighted by molar-refractivity contribution is 7.89. The van der Waals surface area contributed by atoms with Crippen LogP contribution in [0.2, 0.25) is 0 Å². The molecule has 10 heteroatoms. The van der Waals surface area contributed by atoms with Crippen molar-refractivity contribution < 1.29 is 36.6 Å². The van der Waals surface area contributed by atoms with Crippen molar-refractivity contribution in [2.24, 2.45) is 0 Å². The average molecular weight is 528 g/mol. The number of carbonyl (C=O) groups excluding carboxylic acids is 1. The zero-order valence-corrected chi connectivity index (χ0v) is 21.0. The summed E-state index contributed by atoms with van der Waals surface area (Å²) in [4.78, 5) is 13.0. The van der Waals surface area contributed by atoms with Gasteiger partial charge in [0.15, 0.2) is 0 Å². The second kappa shape index (κ2) is 10.6. The maximum Gasteiger partial charge on any atom is 0.338 e. The lowest BCUT2D eigenvalue weighted by atomic mass is 10.1. The highest BCUT2D eigenvalue weighted by Crippen LogP contribution is 2.37. The molecule has 0 aliphatic carbocycles. The predicted octanol–water partition coefficient (Wildman–Crippen LogP) is 4.12. The lowest BCUT2D eigenvalue weighted by Crippen LogP contribution is -2.40. The molecule has 8 nitrogen and oxygen atoms in total. The molecule has 194 valence electrons. The van der Waals surface area contributed by atoms with Crippen LogP contribution < -0.4 is 4.74 Å². The van der Waals surface area contributed by atoms with E-state index >= 15 is 0 Å². The van der Waals surface area contributed by atoms with E-state index in [1.54, 1.807) is 13.0 Å². The quantitative estimate of drug-likeness (QED) is 0.446. The standard InChI is InChI=1S/C27H26FNO7S/c1-18-7-8-20(15-24(18)37(31,32)29-9-11-33-12-10-29)26(30)34-16-21-13-23(28)14-22-17-35-27(36-25(21)22)19-5-3-2-4-6-19/h2-8,13-15,27H,9-12,16-17H2,1H3/t27-/m1/s1. The van der Waals surface area contributed by atoms with Gasteiger partial charge in [-0.3, -0.25) is 0 Å². The van der Waals surface area contributed by atoms with Gasteiger partial charge in [0.2, 0.25) is 16.3 Å². The summed E-state index contributed by atoms with van der Waals surface area (Å²) in [6.45, 7) is 2.66. The van der Waals surface area contributed by atoms with E-state index < -0.39 is 28.1 Å². The largest absolute Gasteiger partial charge is 0.460 e. The topological polar surface area (TPSA) is 91.4 Å². The molecule has 2 aliphatic heterocycles.